The summed E-state index contributed by atoms with van der Waals surface area (Å²) in [6.45, 7) is 14.3. The smallest absolute Gasteiger partial charge is 0.402 e. The van der Waals surface area contributed by atoms with E-state index in [0.717, 1.165) is 16.6 Å². The fraction of sp³-hybridized carbons (Fsp3) is 1.00. The Kier molecular flexibility index (Phi) is 10.0. The van der Waals surface area contributed by atoms with Crippen LogP contribution in [0.5, 0.6) is 0 Å². The second-order valence-corrected chi connectivity index (χ2v) is 9.81. The highest BCUT2D eigenvalue weighted by atomic mass is 28.3. The molecule has 0 unspecified atom stereocenters. The van der Waals surface area contributed by atoms with Gasteiger partial charge in [0.1, 0.15) is 0 Å². The molecule has 0 radical (unpaired) electrons. The largest absolute Gasteiger partial charge is 0.631 e. The molecule has 0 fully saturated rings. The molecule has 0 aromatic rings. The van der Waals surface area contributed by atoms with Crippen LogP contribution in [-0.4, -0.2) is 31.2 Å². The number of rotatable bonds is 3. The zero-order valence-electron chi connectivity index (χ0n) is 10.2. The second-order valence-electron chi connectivity index (χ2n) is 4.66. The lowest BCUT2D eigenvalue weighted by molar-refractivity contribution is 0.278. The van der Waals surface area contributed by atoms with Gasteiger partial charge >= 0.3 is 7.32 Å². The Morgan fingerprint density at radius 2 is 0.857 bits per heavy atom. The molecular weight excluding hydrogens is 195 g/mol. The van der Waals surface area contributed by atoms with E-state index in [4.69, 9.17) is 15.1 Å². The van der Waals surface area contributed by atoms with Crippen molar-refractivity contribution in [2.75, 3.05) is 0 Å². The molecule has 5 heteroatoms. The molecule has 0 saturated heterocycles. The lowest BCUT2D eigenvalue weighted by Gasteiger charge is -2.26. The molecule has 0 amide bonds. The van der Waals surface area contributed by atoms with E-state index < -0.39 is 16.1 Å². The number of hydrogen-bond acceptors (Lipinski definition) is 3. The fourth-order valence-electron chi connectivity index (χ4n) is 2.31. The van der Waals surface area contributed by atoms with Crippen molar-refractivity contribution in [2.24, 2.45) is 0 Å². The third kappa shape index (κ3) is 10.2. The predicted molar refractivity (Wildman–Crippen MR) is 64.9 cm³/mol. The maximum atomic E-state index is 7.17. The molecule has 0 aliphatic carbocycles. The predicted octanol–water partition coefficient (Wildman–Crippen LogP) is 1.39. The lowest BCUT2D eigenvalue weighted by Crippen LogP contribution is -2.24. The van der Waals surface area contributed by atoms with Crippen molar-refractivity contribution in [3.63, 3.8) is 0 Å². The summed E-state index contributed by atoms with van der Waals surface area (Å²) in [5.74, 6) is 0. The molecule has 3 N–H and O–H groups in total. The van der Waals surface area contributed by atoms with Crippen LogP contribution in [0, 0.1) is 0 Å². The van der Waals surface area contributed by atoms with Crippen molar-refractivity contribution in [1.82, 2.24) is 0 Å². The van der Waals surface area contributed by atoms with Gasteiger partial charge in [0.2, 0.25) is 0 Å². The molecule has 0 spiro atoms. The van der Waals surface area contributed by atoms with Crippen LogP contribution in [0.4, 0.5) is 0 Å². The van der Waals surface area contributed by atoms with Gasteiger partial charge in [0, 0.05) is 8.80 Å². The fourth-order valence-corrected chi connectivity index (χ4v) is 6.93. The molecule has 0 aromatic heterocycles. The van der Waals surface area contributed by atoms with Crippen LogP contribution in [0.1, 0.15) is 41.5 Å². The second kappa shape index (κ2) is 8.47. The zero-order chi connectivity index (χ0) is 11.9. The van der Waals surface area contributed by atoms with E-state index in [0.29, 0.717) is 0 Å². The molecule has 86 valence electrons. The SMILES string of the molecule is CC(C)[SiH](C(C)C)C(C)C.OB(O)O. The van der Waals surface area contributed by atoms with Crippen LogP contribution in [0.2, 0.25) is 16.6 Å². The van der Waals surface area contributed by atoms with Gasteiger partial charge in [0.25, 0.3) is 0 Å². The Morgan fingerprint density at radius 1 is 0.714 bits per heavy atom. The average molecular weight is 220 g/mol. The minimum atomic E-state index is -2.17. The lowest BCUT2D eigenvalue weighted by atomic mass is 10.3. The van der Waals surface area contributed by atoms with E-state index in [1.807, 2.05) is 0 Å². The molecule has 0 aromatic carbocycles. The van der Waals surface area contributed by atoms with E-state index in [1.54, 1.807) is 0 Å². The van der Waals surface area contributed by atoms with Crippen molar-refractivity contribution in [2.45, 2.75) is 58.2 Å². The van der Waals surface area contributed by atoms with Crippen LogP contribution in [-0.2, 0) is 0 Å². The van der Waals surface area contributed by atoms with E-state index in [-0.39, 0.29) is 0 Å². The van der Waals surface area contributed by atoms with Crippen molar-refractivity contribution in [1.29, 1.82) is 0 Å². The van der Waals surface area contributed by atoms with Crippen molar-refractivity contribution >= 4 is 16.1 Å². The number of hydrogen-bond donors (Lipinski definition) is 3. The highest BCUT2D eigenvalue weighted by Gasteiger charge is 2.22. The van der Waals surface area contributed by atoms with E-state index in [9.17, 15) is 0 Å². The van der Waals surface area contributed by atoms with Crippen LogP contribution >= 0.6 is 0 Å². The molecule has 3 nitrogen and oxygen atoms in total. The maximum Gasteiger partial charge on any atom is 0.631 e. The van der Waals surface area contributed by atoms with Crippen LogP contribution in [0.25, 0.3) is 0 Å². The Hall–Kier alpha value is 0.162. The third-order valence-electron chi connectivity index (χ3n) is 2.31. The first-order chi connectivity index (χ1) is 6.20. The molecule has 0 aliphatic heterocycles. The Labute approximate surface area is 90.0 Å². The van der Waals surface area contributed by atoms with Crippen molar-refractivity contribution < 1.29 is 15.1 Å². The normalized spacial score (nSPS) is 10.9. The van der Waals surface area contributed by atoms with Gasteiger partial charge in [-0.3, -0.25) is 0 Å². The Bertz CT molecular complexity index is 107. The molecule has 0 aliphatic rings. The summed E-state index contributed by atoms with van der Waals surface area (Å²) in [6, 6.07) is 0. The minimum Gasteiger partial charge on any atom is -0.402 e. The van der Waals surface area contributed by atoms with Gasteiger partial charge in [-0.15, -0.1) is 0 Å². The quantitative estimate of drug-likeness (QED) is 0.630. The topological polar surface area (TPSA) is 60.7 Å². The van der Waals surface area contributed by atoms with Gasteiger partial charge < -0.3 is 15.1 Å². The highest BCUT2D eigenvalue weighted by molar-refractivity contribution is 6.63. The van der Waals surface area contributed by atoms with Gasteiger partial charge in [-0.1, -0.05) is 58.2 Å². The molecule has 0 rings (SSSR count). The van der Waals surface area contributed by atoms with Crippen molar-refractivity contribution in [3.8, 4) is 0 Å². The first-order valence-corrected chi connectivity index (χ1v) is 7.24. The van der Waals surface area contributed by atoms with E-state index >= 15 is 0 Å². The Morgan fingerprint density at radius 3 is 0.857 bits per heavy atom. The molecule has 0 atom stereocenters. The molecule has 14 heavy (non-hydrogen) atoms. The molecule has 0 saturated carbocycles. The highest BCUT2D eigenvalue weighted by Crippen LogP contribution is 2.28. The van der Waals surface area contributed by atoms with Gasteiger partial charge in [-0.05, 0) is 0 Å². The minimum absolute atomic E-state index is 0.454. The zero-order valence-corrected chi connectivity index (χ0v) is 11.4. The van der Waals surface area contributed by atoms with Crippen LogP contribution in [0.3, 0.4) is 0 Å². The van der Waals surface area contributed by atoms with Gasteiger partial charge in [0.05, 0.1) is 0 Å². The summed E-state index contributed by atoms with van der Waals surface area (Å²) < 4.78 is 0. The summed E-state index contributed by atoms with van der Waals surface area (Å²) in [7, 11) is -2.62. The third-order valence-corrected chi connectivity index (χ3v) is 6.93. The molecule has 0 heterocycles. The van der Waals surface area contributed by atoms with E-state index in [2.05, 4.69) is 41.5 Å². The summed E-state index contributed by atoms with van der Waals surface area (Å²) >= 11 is 0. The van der Waals surface area contributed by atoms with Crippen LogP contribution < -0.4 is 0 Å². The Balaban J connectivity index is 0. The summed E-state index contributed by atoms with van der Waals surface area (Å²) in [4.78, 5) is 0. The first-order valence-electron chi connectivity index (χ1n) is 5.24. The maximum absolute atomic E-state index is 7.17. The first kappa shape index (κ1) is 16.6. The van der Waals surface area contributed by atoms with E-state index in [1.165, 1.54) is 0 Å². The van der Waals surface area contributed by atoms with Gasteiger partial charge in [-0.25, -0.2) is 0 Å². The average Bonchev–Trinajstić information content (AvgIpc) is 1.80. The summed E-state index contributed by atoms with van der Waals surface area (Å²) in [6.07, 6.45) is 0. The van der Waals surface area contributed by atoms with Crippen molar-refractivity contribution in [3.05, 3.63) is 0 Å². The summed E-state index contributed by atoms with van der Waals surface area (Å²) in [5, 5.41) is 21.5. The van der Waals surface area contributed by atoms with Gasteiger partial charge in [0.15, 0.2) is 0 Å². The van der Waals surface area contributed by atoms with Gasteiger partial charge in [-0.2, -0.15) is 0 Å². The molecule has 0 bridgehead atoms. The molecular formula is C9H25BO3Si. The van der Waals surface area contributed by atoms with Crippen LogP contribution in [0.15, 0.2) is 0 Å². The standard InChI is InChI=1S/C9H22Si.BH3O3/c1-7(2)10(8(3)4)9(5)6;2-1(3)4/h7-10H,1-6H3;2-4H. The monoisotopic (exact) mass is 220 g/mol. The summed E-state index contributed by atoms with van der Waals surface area (Å²) in [5.41, 5.74) is 2.92.